The molecule has 1 aliphatic rings. The Kier molecular flexibility index (Phi) is 61.7. The highest BCUT2D eigenvalue weighted by Gasteiger charge is 2.44. The van der Waals surface area contributed by atoms with E-state index < -0.39 is 49.5 Å². The SMILES string of the molecule is CCCCCCC/C=C\C/C=C\CCCCCCCCCCCCCCCCCCCCCCCCCCCCCC(=O)NC(COC1OC(CO)C(O)C(O)C1O)C(O)/C=C/CCCCCCCCCCCCCCCCCCCCCC. The summed E-state index contributed by atoms with van der Waals surface area (Å²) in [7, 11) is 0. The van der Waals surface area contributed by atoms with Gasteiger partial charge in [-0.1, -0.05) is 359 Å². The summed E-state index contributed by atoms with van der Waals surface area (Å²) >= 11 is 0. The number of carbonyl (C=O) groups is 1. The average molecular weight is 1190 g/mol. The zero-order valence-corrected chi connectivity index (χ0v) is 55.7. The third kappa shape index (κ3) is 52.4. The van der Waals surface area contributed by atoms with Crippen LogP contribution in [0.2, 0.25) is 0 Å². The van der Waals surface area contributed by atoms with Crippen LogP contribution in [0.4, 0.5) is 0 Å². The summed E-state index contributed by atoms with van der Waals surface area (Å²) < 4.78 is 11.3. The highest BCUT2D eigenvalue weighted by Crippen LogP contribution is 2.24. The van der Waals surface area contributed by atoms with Gasteiger partial charge < -0.3 is 40.3 Å². The molecule has 0 saturated carbocycles. The molecule has 496 valence electrons. The van der Waals surface area contributed by atoms with Crippen LogP contribution in [0.5, 0.6) is 0 Å². The third-order valence-electron chi connectivity index (χ3n) is 18.0. The first-order valence-electron chi connectivity index (χ1n) is 37.2. The number of nitrogens with one attached hydrogen (secondary N) is 1. The van der Waals surface area contributed by atoms with Crippen LogP contribution in [0.15, 0.2) is 36.5 Å². The summed E-state index contributed by atoms with van der Waals surface area (Å²) in [5.41, 5.74) is 0. The fourth-order valence-electron chi connectivity index (χ4n) is 12.1. The Balaban J connectivity index is 2.05. The van der Waals surface area contributed by atoms with Crippen molar-refractivity contribution in [3.05, 3.63) is 36.5 Å². The minimum atomic E-state index is -1.57. The summed E-state index contributed by atoms with van der Waals surface area (Å²) in [6.07, 6.45) is 79.9. The van der Waals surface area contributed by atoms with Crippen molar-refractivity contribution in [2.75, 3.05) is 13.2 Å². The van der Waals surface area contributed by atoms with Crippen LogP contribution in [-0.2, 0) is 14.3 Å². The summed E-state index contributed by atoms with van der Waals surface area (Å²) in [6, 6.07) is -0.804. The Morgan fingerprint density at radius 1 is 0.405 bits per heavy atom. The molecule has 7 atom stereocenters. The maximum atomic E-state index is 13.1. The monoisotopic (exact) mass is 1190 g/mol. The van der Waals surface area contributed by atoms with Crippen molar-refractivity contribution < 1.29 is 39.8 Å². The summed E-state index contributed by atoms with van der Waals surface area (Å²) in [4.78, 5) is 13.1. The van der Waals surface area contributed by atoms with Gasteiger partial charge in [-0.05, 0) is 51.4 Å². The molecule has 1 fully saturated rings. The normalized spacial score (nSPS) is 18.3. The molecule has 0 aromatic rings. The number of aliphatic hydroxyl groups excluding tert-OH is 5. The molecular weight excluding hydrogens is 1040 g/mol. The Hall–Kier alpha value is -1.59. The number of aliphatic hydroxyl groups is 5. The van der Waals surface area contributed by atoms with E-state index in [0.29, 0.717) is 6.42 Å². The van der Waals surface area contributed by atoms with E-state index in [0.717, 1.165) is 44.9 Å². The van der Waals surface area contributed by atoms with E-state index in [2.05, 4.69) is 43.5 Å². The smallest absolute Gasteiger partial charge is 0.220 e. The first-order valence-corrected chi connectivity index (χ1v) is 37.2. The molecule has 84 heavy (non-hydrogen) atoms. The number of amides is 1. The van der Waals surface area contributed by atoms with Gasteiger partial charge in [0.2, 0.25) is 5.91 Å². The van der Waals surface area contributed by atoms with Crippen LogP contribution in [0.1, 0.15) is 380 Å². The van der Waals surface area contributed by atoms with E-state index in [4.69, 9.17) is 9.47 Å². The van der Waals surface area contributed by atoms with E-state index in [1.165, 1.54) is 315 Å². The Morgan fingerprint density at radius 2 is 0.702 bits per heavy atom. The Labute approximate surface area is 521 Å². The molecule has 1 saturated heterocycles. The van der Waals surface area contributed by atoms with Crippen LogP contribution < -0.4 is 5.32 Å². The fraction of sp³-hybridized carbons (Fsp3) is 0.907. The second kappa shape index (κ2) is 64.4. The predicted molar refractivity (Wildman–Crippen MR) is 360 cm³/mol. The number of hydrogen-bond acceptors (Lipinski definition) is 8. The number of carbonyl (C=O) groups excluding carboxylic acids is 1. The van der Waals surface area contributed by atoms with Crippen LogP contribution in [-0.4, -0.2) is 87.5 Å². The van der Waals surface area contributed by atoms with Crippen LogP contribution in [0, 0.1) is 0 Å². The average Bonchev–Trinajstić information content (AvgIpc) is 3.70. The van der Waals surface area contributed by atoms with Crippen molar-refractivity contribution in [3.8, 4) is 0 Å². The summed E-state index contributed by atoms with van der Waals surface area (Å²) in [5, 5.41) is 54.8. The van der Waals surface area contributed by atoms with Gasteiger partial charge in [-0.2, -0.15) is 0 Å². The van der Waals surface area contributed by atoms with Crippen LogP contribution in [0.3, 0.4) is 0 Å². The molecule has 1 amide bonds. The van der Waals surface area contributed by atoms with Crippen molar-refractivity contribution in [1.82, 2.24) is 5.32 Å². The third-order valence-corrected chi connectivity index (χ3v) is 18.0. The molecule has 1 aliphatic heterocycles. The molecule has 7 unspecified atom stereocenters. The quantitative estimate of drug-likeness (QED) is 0.0261. The van der Waals surface area contributed by atoms with Crippen molar-refractivity contribution in [1.29, 1.82) is 0 Å². The molecule has 0 aliphatic carbocycles. The standard InChI is InChI=1S/C75H143NO8/c1-3-5-7-9-11-13-15-17-19-21-23-25-27-28-29-30-31-32-33-34-35-36-37-38-39-40-41-42-43-45-47-49-51-53-55-57-59-61-63-65-71(79)76-68(67-83-75-74(82)73(81)72(80)70(66-77)84-75)69(78)64-62-60-58-56-54-52-50-48-46-44-26-24-22-20-18-16-14-12-10-8-6-4-2/h15,17,21,23,62,64,68-70,72-75,77-78,80-82H,3-14,16,18-20,22,24-61,63,65-67H2,1-2H3,(H,76,79)/b17-15-,23-21-,64-62+. The zero-order chi connectivity index (χ0) is 60.7. The highest BCUT2D eigenvalue weighted by atomic mass is 16.7. The lowest BCUT2D eigenvalue weighted by Gasteiger charge is -2.40. The second-order valence-corrected chi connectivity index (χ2v) is 26.1. The first-order chi connectivity index (χ1) is 41.3. The van der Waals surface area contributed by atoms with Crippen LogP contribution >= 0.6 is 0 Å². The van der Waals surface area contributed by atoms with Gasteiger partial charge in [-0.25, -0.2) is 0 Å². The molecule has 9 nitrogen and oxygen atoms in total. The lowest BCUT2D eigenvalue weighted by Crippen LogP contribution is -2.60. The lowest BCUT2D eigenvalue weighted by atomic mass is 9.99. The maximum absolute atomic E-state index is 13.1. The number of rotatable bonds is 66. The maximum Gasteiger partial charge on any atom is 0.220 e. The first kappa shape index (κ1) is 80.4. The topological polar surface area (TPSA) is 149 Å². The van der Waals surface area contributed by atoms with Gasteiger partial charge in [0.1, 0.15) is 24.4 Å². The van der Waals surface area contributed by atoms with E-state index in [1.54, 1.807) is 6.08 Å². The van der Waals surface area contributed by atoms with Crippen molar-refractivity contribution >= 4 is 5.91 Å². The Bertz CT molecular complexity index is 1420. The molecule has 1 rings (SSSR count). The Morgan fingerprint density at radius 3 is 1.02 bits per heavy atom. The van der Waals surface area contributed by atoms with Crippen molar-refractivity contribution in [2.45, 2.75) is 423 Å². The highest BCUT2D eigenvalue weighted by molar-refractivity contribution is 5.76. The zero-order valence-electron chi connectivity index (χ0n) is 55.7. The van der Waals surface area contributed by atoms with Crippen LogP contribution in [0.25, 0.3) is 0 Å². The van der Waals surface area contributed by atoms with E-state index in [-0.39, 0.29) is 12.5 Å². The number of allylic oxidation sites excluding steroid dienone is 5. The lowest BCUT2D eigenvalue weighted by molar-refractivity contribution is -0.302. The number of hydrogen-bond donors (Lipinski definition) is 6. The summed E-state index contributed by atoms with van der Waals surface area (Å²) in [5.74, 6) is -0.168. The van der Waals surface area contributed by atoms with Gasteiger partial charge in [0.05, 0.1) is 25.4 Å². The molecule has 1 heterocycles. The van der Waals surface area contributed by atoms with Gasteiger partial charge in [0.15, 0.2) is 6.29 Å². The minimum absolute atomic E-state index is 0.168. The molecule has 0 spiro atoms. The number of ether oxygens (including phenoxy) is 2. The molecular formula is C75H143NO8. The van der Waals surface area contributed by atoms with Gasteiger partial charge in [0.25, 0.3) is 0 Å². The van der Waals surface area contributed by atoms with Gasteiger partial charge >= 0.3 is 0 Å². The summed E-state index contributed by atoms with van der Waals surface area (Å²) in [6.45, 7) is 3.82. The fourth-order valence-corrected chi connectivity index (χ4v) is 12.1. The van der Waals surface area contributed by atoms with Gasteiger partial charge in [-0.3, -0.25) is 4.79 Å². The molecule has 9 heteroatoms. The van der Waals surface area contributed by atoms with E-state index in [1.807, 2.05) is 6.08 Å². The predicted octanol–water partition coefficient (Wildman–Crippen LogP) is 20.6. The number of unbranched alkanes of at least 4 members (excludes halogenated alkanes) is 52. The second-order valence-electron chi connectivity index (χ2n) is 26.1. The van der Waals surface area contributed by atoms with E-state index >= 15 is 0 Å². The molecule has 0 bridgehead atoms. The van der Waals surface area contributed by atoms with Gasteiger partial charge in [-0.15, -0.1) is 0 Å². The molecule has 6 N–H and O–H groups in total. The largest absolute Gasteiger partial charge is 0.394 e. The van der Waals surface area contributed by atoms with Gasteiger partial charge in [0, 0.05) is 6.42 Å². The molecule has 0 aromatic heterocycles. The molecule has 0 radical (unpaired) electrons. The van der Waals surface area contributed by atoms with Crippen molar-refractivity contribution in [2.24, 2.45) is 0 Å². The molecule has 0 aromatic carbocycles. The van der Waals surface area contributed by atoms with Crippen molar-refractivity contribution in [3.63, 3.8) is 0 Å². The minimum Gasteiger partial charge on any atom is -0.394 e. The van der Waals surface area contributed by atoms with E-state index in [9.17, 15) is 30.3 Å².